The Morgan fingerprint density at radius 3 is 2.23 bits per heavy atom. The minimum absolute atomic E-state index is 0.0596. The fraction of sp³-hybridized carbons (Fsp3) is 0.597. The van der Waals surface area contributed by atoms with Crippen molar-refractivity contribution in [2.75, 3.05) is 70.9 Å². The largest absolute Gasteiger partial charge is 0.385 e. The number of halogens is 9. The van der Waals surface area contributed by atoms with E-state index in [4.69, 9.17) is 36.5 Å². The van der Waals surface area contributed by atoms with Crippen LogP contribution in [0, 0.1) is 35.8 Å². The lowest BCUT2D eigenvalue weighted by molar-refractivity contribution is -0.0385. The highest BCUT2D eigenvalue weighted by Crippen LogP contribution is 2.68. The van der Waals surface area contributed by atoms with E-state index in [1.807, 2.05) is 33.8 Å². The molecule has 2 aromatic carbocycles. The van der Waals surface area contributed by atoms with Crippen molar-refractivity contribution < 1.29 is 48.8 Å². The van der Waals surface area contributed by atoms with Crippen LogP contribution < -0.4 is 10.9 Å². The summed E-state index contributed by atoms with van der Waals surface area (Å²) in [6.45, 7) is 20.3. The molecule has 0 radical (unpaired) electrons. The summed E-state index contributed by atoms with van der Waals surface area (Å²) in [6.07, 6.45) is 7.35. The number of anilines is 1. The van der Waals surface area contributed by atoms with Crippen molar-refractivity contribution in [2.24, 2.45) is 11.8 Å². The zero-order valence-corrected chi connectivity index (χ0v) is 51.5. The summed E-state index contributed by atoms with van der Waals surface area (Å²) >= 11 is 6.71. The summed E-state index contributed by atoms with van der Waals surface area (Å²) < 4.78 is 134. The number of alkyl halides is 6. The number of ether oxygens (including phenoxy) is 2. The quantitative estimate of drug-likeness (QED) is 0.0318. The van der Waals surface area contributed by atoms with Crippen LogP contribution in [0.1, 0.15) is 175 Å². The third-order valence-electron chi connectivity index (χ3n) is 15.6. The van der Waals surface area contributed by atoms with Crippen LogP contribution in [-0.2, 0) is 39.2 Å². The van der Waals surface area contributed by atoms with E-state index >= 15 is 4.79 Å². The van der Waals surface area contributed by atoms with E-state index in [9.17, 15) is 39.3 Å². The number of aromatic nitrogens is 5. The van der Waals surface area contributed by atoms with Crippen molar-refractivity contribution in [3.05, 3.63) is 121 Å². The summed E-state index contributed by atoms with van der Waals surface area (Å²) in [4.78, 5) is 27.6. The highest BCUT2D eigenvalue weighted by molar-refractivity contribution is 7.83. The number of unbranched alkanes of at least 4 members (excludes halogenated alkanes) is 3. The van der Waals surface area contributed by atoms with Gasteiger partial charge in [-0.25, -0.2) is 36.3 Å². The van der Waals surface area contributed by atoms with Crippen LogP contribution in [0.15, 0.2) is 53.3 Å². The van der Waals surface area contributed by atoms with Crippen LogP contribution in [0.3, 0.4) is 0 Å². The normalized spacial score (nSPS) is 18.3. The van der Waals surface area contributed by atoms with Crippen molar-refractivity contribution in [3.63, 3.8) is 0 Å². The molecule has 3 unspecified atom stereocenters. The maximum Gasteiger partial charge on any atom is 0.293 e. The highest BCUT2D eigenvalue weighted by atomic mass is 35.5. The first-order chi connectivity index (χ1) is 39.7. The minimum Gasteiger partial charge on any atom is -0.385 e. The fourth-order valence-electron chi connectivity index (χ4n) is 11.3. The molecule has 0 bridgehead atoms. The molecular formula is C62H83ClF8N8O4S. The molecule has 2 N–H and O–H groups in total. The molecule has 5 aromatic rings. The van der Waals surface area contributed by atoms with Crippen molar-refractivity contribution in [2.45, 2.75) is 161 Å². The van der Waals surface area contributed by atoms with Gasteiger partial charge in [-0.05, 0) is 106 Å². The molecule has 3 aromatic heterocycles. The van der Waals surface area contributed by atoms with E-state index in [2.05, 4.69) is 28.8 Å². The van der Waals surface area contributed by atoms with Gasteiger partial charge in [-0.15, -0.1) is 0 Å². The van der Waals surface area contributed by atoms with E-state index in [0.717, 1.165) is 36.9 Å². The first-order valence-corrected chi connectivity index (χ1v) is 31.5. The molecule has 9 rings (SSSR count). The Balaban J connectivity index is 0.000000305. The van der Waals surface area contributed by atoms with Gasteiger partial charge in [0.05, 0.1) is 36.2 Å². The number of morpholine rings is 1. The van der Waals surface area contributed by atoms with Gasteiger partial charge in [0.15, 0.2) is 5.65 Å². The number of methoxy groups -OCH3 is 1. The van der Waals surface area contributed by atoms with Crippen LogP contribution in [-0.4, -0.2) is 111 Å². The molecule has 4 aliphatic rings. The molecule has 2 saturated carbocycles. The van der Waals surface area contributed by atoms with Crippen molar-refractivity contribution in [1.29, 1.82) is 5.41 Å². The predicted octanol–water partition coefficient (Wildman–Crippen LogP) is 15.0. The summed E-state index contributed by atoms with van der Waals surface area (Å²) in [5, 5.41) is 16.6. The lowest BCUT2D eigenvalue weighted by Crippen LogP contribution is -2.39. The van der Waals surface area contributed by atoms with Gasteiger partial charge in [-0.2, -0.15) is 13.9 Å². The van der Waals surface area contributed by atoms with Gasteiger partial charge < -0.3 is 20.2 Å². The van der Waals surface area contributed by atoms with E-state index in [-0.39, 0.29) is 72.8 Å². The topological polar surface area (TPSA) is 140 Å². The summed E-state index contributed by atoms with van der Waals surface area (Å²) in [6, 6.07) is 8.62. The molecular weight excluding hydrogens is 1140 g/mol. The Hall–Kier alpha value is -5.09. The fourth-order valence-corrected chi connectivity index (χ4v) is 11.6. The molecule has 12 nitrogen and oxygen atoms in total. The molecule has 464 valence electrons. The Morgan fingerprint density at radius 2 is 1.64 bits per heavy atom. The lowest BCUT2D eigenvalue weighted by atomic mass is 9.84. The minimum atomic E-state index is -3.03. The van der Waals surface area contributed by atoms with E-state index < -0.39 is 69.7 Å². The van der Waals surface area contributed by atoms with Crippen molar-refractivity contribution >= 4 is 44.8 Å². The van der Waals surface area contributed by atoms with E-state index in [0.29, 0.717) is 95.0 Å². The number of benzene rings is 2. The summed E-state index contributed by atoms with van der Waals surface area (Å²) in [7, 11) is 1.14. The van der Waals surface area contributed by atoms with Gasteiger partial charge in [-0.3, -0.25) is 23.2 Å². The molecule has 22 heteroatoms. The van der Waals surface area contributed by atoms with Gasteiger partial charge in [0.2, 0.25) is 5.92 Å². The highest BCUT2D eigenvalue weighted by Gasteiger charge is 2.67. The molecule has 0 amide bonds. The van der Waals surface area contributed by atoms with Gasteiger partial charge in [0.25, 0.3) is 17.9 Å². The maximum atomic E-state index is 15.3. The smallest absolute Gasteiger partial charge is 0.293 e. The number of nitrogens with one attached hydrogen (secondary N) is 2. The monoisotopic (exact) mass is 1220 g/mol. The number of pyridine rings is 1. The van der Waals surface area contributed by atoms with Crippen molar-refractivity contribution in [3.8, 4) is 5.69 Å². The first-order valence-electron chi connectivity index (χ1n) is 29.1. The number of hydrogen-bond donors (Lipinski definition) is 2. The zero-order chi connectivity index (χ0) is 61.8. The van der Waals surface area contributed by atoms with Crippen molar-refractivity contribution in [1.82, 2.24) is 29.2 Å². The molecule has 3 atom stereocenters. The van der Waals surface area contributed by atoms with Gasteiger partial charge in [0, 0.05) is 122 Å². The molecule has 3 fully saturated rings. The number of nitrogens with zero attached hydrogens (tertiary/aromatic N) is 6. The summed E-state index contributed by atoms with van der Waals surface area (Å²) in [5.74, 6) is -9.00. The SMILES string of the molecule is C=C(C)Cn1nc(C(F)F)c2c1C(F)(F)C1CC21.CCCC(=N)c1c(Cl)ccc(-n2c(C(Cc3cc(F)cc(F)c3)C(C)C)nc3nc(C4CCC(F)(F)CC4)cc(NCCN4CCOCC4)c3c2=O)c1C.CCCCCCOC.CS(C)=O. The zero-order valence-electron chi connectivity index (χ0n) is 49.9. The molecule has 4 heterocycles. The second-order valence-corrected chi connectivity index (χ2v) is 24.9. The van der Waals surface area contributed by atoms with E-state index in [1.54, 1.807) is 43.2 Å². The average molecular weight is 1220 g/mol. The Bertz CT molecular complexity index is 3110. The van der Waals surface area contributed by atoms with Crippen LogP contribution in [0.4, 0.5) is 40.8 Å². The number of rotatable bonds is 21. The lowest BCUT2D eigenvalue weighted by Gasteiger charge is -2.29. The first kappa shape index (κ1) is 68.0. The maximum absolute atomic E-state index is 15.3. The predicted molar refractivity (Wildman–Crippen MR) is 319 cm³/mol. The number of fused-ring (bicyclic) bond motifs is 4. The second-order valence-electron chi connectivity index (χ2n) is 23.0. The molecule has 0 spiro atoms. The standard InChI is InChI=1S/C41H49ClF4N6O2.C12H12F4N2.C7H16O.C2H6OS/c1-5-6-32(47)36-25(4)35(8-7-31(36)42)52-39(30(24(2)3)21-26-19-28(43)22-29(44)20-26)50-38-37(40(52)53)34(48-13-14-51-15-17-54-18-16-51)23-33(49-38)27-9-11-41(45,46)12-10-27;1-5(2)4-18-10-8(9(17-18)11(13)14)6-3-7(6)12(10,15)16;1-3-4-5-6-7-8-2;1-4(2)3/h7-8,19-20,22-24,27,30,47H,5-6,9-18,21H2,1-4H3,(H,48,49);6-7,11H,1,3-4H2,2H3;3-7H2,1-2H3;1-2H3. The Morgan fingerprint density at radius 1 is 0.988 bits per heavy atom. The molecule has 84 heavy (non-hydrogen) atoms. The second kappa shape index (κ2) is 30.5. The van der Waals surface area contributed by atoms with E-state index in [1.165, 1.54) is 37.8 Å². The van der Waals surface area contributed by atoms with Gasteiger partial charge in [0.1, 0.15) is 34.2 Å². The van der Waals surface area contributed by atoms with Crippen LogP contribution >= 0.6 is 11.6 Å². The van der Waals surface area contributed by atoms with Gasteiger partial charge in [-0.1, -0.05) is 77.1 Å². The molecule has 3 aliphatic carbocycles. The Kier molecular flexibility index (Phi) is 24.7. The average Bonchev–Trinajstić information content (AvgIpc) is 1.54. The Labute approximate surface area is 496 Å². The third-order valence-corrected chi connectivity index (χ3v) is 15.9. The number of allylic oxidation sites excluding steroid dienone is 1. The van der Waals surface area contributed by atoms with Crippen LogP contribution in [0.5, 0.6) is 0 Å². The van der Waals surface area contributed by atoms with Gasteiger partial charge >= 0.3 is 0 Å². The molecule has 1 aliphatic heterocycles. The van der Waals surface area contributed by atoms with Crippen LogP contribution in [0.25, 0.3) is 16.7 Å². The molecule has 1 saturated heterocycles. The number of hydrogen-bond acceptors (Lipinski definition) is 10. The summed E-state index contributed by atoms with van der Waals surface area (Å²) in [5.41, 5.74) is 3.16. The van der Waals surface area contributed by atoms with Crippen LogP contribution in [0.2, 0.25) is 5.02 Å². The third kappa shape index (κ3) is 17.3.